The minimum absolute atomic E-state index is 0.150. The van der Waals surface area contributed by atoms with Crippen LogP contribution < -0.4 is 11.1 Å². The number of carbonyl (C=O) groups excluding carboxylic acids is 1. The number of nitrogens with one attached hydrogen (secondary N) is 1. The molecule has 1 saturated heterocycles. The Bertz CT molecular complexity index is 506. The summed E-state index contributed by atoms with van der Waals surface area (Å²) in [6, 6.07) is 0.150. The summed E-state index contributed by atoms with van der Waals surface area (Å²) in [6.45, 7) is 5.54. The molecule has 22 heavy (non-hydrogen) atoms. The van der Waals surface area contributed by atoms with Crippen molar-refractivity contribution in [1.82, 2.24) is 15.2 Å². The Morgan fingerprint density at radius 1 is 1.45 bits per heavy atom. The molecule has 1 saturated carbocycles. The predicted octanol–water partition coefficient (Wildman–Crippen LogP) is 1.52. The Balaban J connectivity index is 1.38. The van der Waals surface area contributed by atoms with Gasteiger partial charge in [-0.25, -0.2) is 4.98 Å². The third kappa shape index (κ3) is 4.27. The zero-order valence-corrected chi connectivity index (χ0v) is 14.1. The average molecular weight is 322 g/mol. The number of hydrogen-bond donors (Lipinski definition) is 2. The topological polar surface area (TPSA) is 71.2 Å². The third-order valence-electron chi connectivity index (χ3n) is 4.75. The van der Waals surface area contributed by atoms with E-state index in [1.54, 1.807) is 11.3 Å². The molecule has 1 aliphatic carbocycles. The van der Waals surface area contributed by atoms with E-state index in [0.717, 1.165) is 43.2 Å². The van der Waals surface area contributed by atoms with Gasteiger partial charge < -0.3 is 11.1 Å². The number of likely N-dealkylation sites (tertiary alicyclic amines) is 1. The van der Waals surface area contributed by atoms with Gasteiger partial charge in [-0.3, -0.25) is 9.69 Å². The van der Waals surface area contributed by atoms with Gasteiger partial charge in [-0.2, -0.15) is 0 Å². The molecular formula is C16H26N4OS. The molecule has 2 aliphatic rings. The van der Waals surface area contributed by atoms with Gasteiger partial charge in [0.1, 0.15) is 0 Å². The summed E-state index contributed by atoms with van der Waals surface area (Å²) in [5.41, 5.74) is 7.19. The quantitative estimate of drug-likeness (QED) is 0.833. The highest BCUT2D eigenvalue weighted by Crippen LogP contribution is 2.31. The molecule has 0 radical (unpaired) electrons. The summed E-state index contributed by atoms with van der Waals surface area (Å²) in [5, 5.41) is 6.30. The van der Waals surface area contributed by atoms with Crippen molar-refractivity contribution in [2.24, 2.45) is 17.6 Å². The molecule has 2 fully saturated rings. The number of aryl methyl sites for hydroxylation is 1. The van der Waals surface area contributed by atoms with Gasteiger partial charge >= 0.3 is 0 Å². The molecule has 1 amide bonds. The van der Waals surface area contributed by atoms with E-state index in [1.807, 2.05) is 6.92 Å². The Kier molecular flexibility index (Phi) is 5.10. The van der Waals surface area contributed by atoms with Crippen molar-refractivity contribution in [2.45, 2.75) is 45.2 Å². The van der Waals surface area contributed by atoms with Gasteiger partial charge in [0, 0.05) is 30.4 Å². The molecule has 2 heterocycles. The van der Waals surface area contributed by atoms with Gasteiger partial charge in [-0.05, 0) is 51.6 Å². The first kappa shape index (κ1) is 15.9. The zero-order valence-electron chi connectivity index (χ0n) is 13.3. The highest BCUT2D eigenvalue weighted by molar-refractivity contribution is 7.09. The maximum Gasteiger partial charge on any atom is 0.223 e. The van der Waals surface area contributed by atoms with Gasteiger partial charge in [0.15, 0.2) is 0 Å². The van der Waals surface area contributed by atoms with E-state index in [2.05, 4.69) is 20.6 Å². The minimum atomic E-state index is 0.150. The molecule has 0 bridgehead atoms. The number of aromatic nitrogens is 1. The molecule has 1 aromatic heterocycles. The summed E-state index contributed by atoms with van der Waals surface area (Å²) < 4.78 is 0. The molecule has 1 atom stereocenters. The molecule has 0 aromatic carbocycles. The van der Waals surface area contributed by atoms with Crippen molar-refractivity contribution in [3.05, 3.63) is 16.1 Å². The SMILES string of the molecule is Cc1nc(CN2CCC(C(=O)NCC(N)C3CC3)CC2)cs1. The fourth-order valence-corrected chi connectivity index (χ4v) is 3.72. The monoisotopic (exact) mass is 322 g/mol. The van der Waals surface area contributed by atoms with Crippen molar-refractivity contribution in [3.8, 4) is 0 Å². The number of hydrogen-bond acceptors (Lipinski definition) is 5. The number of carbonyl (C=O) groups is 1. The zero-order chi connectivity index (χ0) is 15.5. The number of nitrogens with two attached hydrogens (primary N) is 1. The van der Waals surface area contributed by atoms with Crippen LogP contribution >= 0.6 is 11.3 Å². The van der Waals surface area contributed by atoms with Gasteiger partial charge in [0.05, 0.1) is 10.7 Å². The molecule has 1 aliphatic heterocycles. The molecule has 3 rings (SSSR count). The van der Waals surface area contributed by atoms with Gasteiger partial charge in [-0.1, -0.05) is 0 Å². The smallest absolute Gasteiger partial charge is 0.223 e. The Hall–Kier alpha value is -0.980. The molecule has 122 valence electrons. The second-order valence-corrected chi connectivity index (χ2v) is 7.72. The first-order chi connectivity index (χ1) is 10.6. The maximum absolute atomic E-state index is 12.2. The van der Waals surface area contributed by atoms with E-state index in [-0.39, 0.29) is 17.9 Å². The van der Waals surface area contributed by atoms with Gasteiger partial charge in [0.25, 0.3) is 0 Å². The minimum Gasteiger partial charge on any atom is -0.354 e. The molecular weight excluding hydrogens is 296 g/mol. The highest BCUT2D eigenvalue weighted by Gasteiger charge is 2.30. The Morgan fingerprint density at radius 3 is 2.77 bits per heavy atom. The van der Waals surface area contributed by atoms with Crippen molar-refractivity contribution in [2.75, 3.05) is 19.6 Å². The molecule has 0 spiro atoms. The van der Waals surface area contributed by atoms with E-state index >= 15 is 0 Å². The van der Waals surface area contributed by atoms with Gasteiger partial charge in [-0.15, -0.1) is 11.3 Å². The Labute approximate surface area is 136 Å². The first-order valence-corrected chi connectivity index (χ1v) is 9.16. The summed E-state index contributed by atoms with van der Waals surface area (Å²) in [7, 11) is 0. The number of amides is 1. The summed E-state index contributed by atoms with van der Waals surface area (Å²) in [4.78, 5) is 19.1. The summed E-state index contributed by atoms with van der Waals surface area (Å²) in [5.74, 6) is 0.990. The van der Waals surface area contributed by atoms with Crippen LogP contribution in [0, 0.1) is 18.8 Å². The first-order valence-electron chi connectivity index (χ1n) is 8.28. The van der Waals surface area contributed by atoms with Crippen molar-refractivity contribution < 1.29 is 4.79 Å². The van der Waals surface area contributed by atoms with Crippen LogP contribution in [-0.4, -0.2) is 41.5 Å². The third-order valence-corrected chi connectivity index (χ3v) is 5.57. The fourth-order valence-electron chi connectivity index (χ4n) is 3.12. The van der Waals surface area contributed by atoms with E-state index < -0.39 is 0 Å². The highest BCUT2D eigenvalue weighted by atomic mass is 32.1. The van der Waals surface area contributed by atoms with Crippen LogP contribution in [0.15, 0.2) is 5.38 Å². The molecule has 3 N–H and O–H groups in total. The second kappa shape index (κ2) is 7.06. The van der Waals surface area contributed by atoms with Crippen molar-refractivity contribution in [3.63, 3.8) is 0 Å². The second-order valence-electron chi connectivity index (χ2n) is 6.65. The average Bonchev–Trinajstić information content (AvgIpc) is 3.29. The van der Waals surface area contributed by atoms with Crippen LogP contribution in [0.1, 0.15) is 36.4 Å². The maximum atomic E-state index is 12.2. The van der Waals surface area contributed by atoms with Crippen LogP contribution in [0.3, 0.4) is 0 Å². The van der Waals surface area contributed by atoms with E-state index in [1.165, 1.54) is 12.8 Å². The van der Waals surface area contributed by atoms with Gasteiger partial charge in [0.2, 0.25) is 5.91 Å². The normalized spacial score (nSPS) is 21.7. The van der Waals surface area contributed by atoms with Crippen LogP contribution in [0.4, 0.5) is 0 Å². The van der Waals surface area contributed by atoms with E-state index in [4.69, 9.17) is 5.73 Å². The Morgan fingerprint density at radius 2 is 2.18 bits per heavy atom. The number of piperidine rings is 1. The van der Waals surface area contributed by atoms with Crippen LogP contribution in [0.5, 0.6) is 0 Å². The molecule has 1 unspecified atom stereocenters. The molecule has 1 aromatic rings. The van der Waals surface area contributed by atoms with Crippen LogP contribution in [0.25, 0.3) is 0 Å². The number of thiazole rings is 1. The predicted molar refractivity (Wildman–Crippen MR) is 88.6 cm³/mol. The lowest BCUT2D eigenvalue weighted by molar-refractivity contribution is -0.126. The number of rotatable bonds is 6. The van der Waals surface area contributed by atoms with E-state index in [0.29, 0.717) is 12.5 Å². The fraction of sp³-hybridized carbons (Fsp3) is 0.750. The summed E-state index contributed by atoms with van der Waals surface area (Å²) in [6.07, 6.45) is 4.33. The molecule has 5 nitrogen and oxygen atoms in total. The van der Waals surface area contributed by atoms with Crippen molar-refractivity contribution >= 4 is 17.2 Å². The van der Waals surface area contributed by atoms with E-state index in [9.17, 15) is 4.79 Å². The lowest BCUT2D eigenvalue weighted by Crippen LogP contribution is -2.44. The van der Waals surface area contributed by atoms with Crippen LogP contribution in [-0.2, 0) is 11.3 Å². The lowest BCUT2D eigenvalue weighted by Gasteiger charge is -2.31. The molecule has 6 heteroatoms. The lowest BCUT2D eigenvalue weighted by atomic mass is 9.95. The number of nitrogens with zero attached hydrogens (tertiary/aromatic N) is 2. The largest absolute Gasteiger partial charge is 0.354 e. The summed E-state index contributed by atoms with van der Waals surface area (Å²) >= 11 is 1.70. The standard InChI is InChI=1S/C16H26N4OS/c1-11-19-14(10-22-11)9-20-6-4-13(5-7-20)16(21)18-8-15(17)12-2-3-12/h10,12-13,15H,2-9,17H2,1H3,(H,18,21). The van der Waals surface area contributed by atoms with Crippen LogP contribution in [0.2, 0.25) is 0 Å². The van der Waals surface area contributed by atoms with Crippen molar-refractivity contribution in [1.29, 1.82) is 0 Å².